The molecular formula is C10H8ClNO3. The number of hydrogen-bond donors (Lipinski definition) is 0. The summed E-state index contributed by atoms with van der Waals surface area (Å²) in [6.07, 6.45) is 2.59. The summed E-state index contributed by atoms with van der Waals surface area (Å²) < 4.78 is 0. The number of allylic oxidation sites excluding steroid dienone is 1. The number of nitro groups is 1. The van der Waals surface area contributed by atoms with Gasteiger partial charge in [-0.2, -0.15) is 0 Å². The van der Waals surface area contributed by atoms with E-state index in [1.54, 1.807) is 0 Å². The van der Waals surface area contributed by atoms with Crippen molar-refractivity contribution in [3.05, 3.63) is 45.0 Å². The lowest BCUT2D eigenvalue weighted by Gasteiger charge is -1.99. The predicted octanol–water partition coefficient (Wildman–Crippen LogP) is 2.85. The van der Waals surface area contributed by atoms with E-state index in [-0.39, 0.29) is 22.1 Å². The average molecular weight is 226 g/mol. The van der Waals surface area contributed by atoms with Crippen molar-refractivity contribution in [1.29, 1.82) is 0 Å². The molecule has 0 heterocycles. The molecule has 0 fully saturated rings. The molecule has 78 valence electrons. The van der Waals surface area contributed by atoms with Crippen LogP contribution in [0.4, 0.5) is 5.69 Å². The molecule has 0 saturated carbocycles. The van der Waals surface area contributed by atoms with Gasteiger partial charge in [0.25, 0.3) is 5.69 Å². The Morgan fingerprint density at radius 3 is 2.73 bits per heavy atom. The van der Waals surface area contributed by atoms with Gasteiger partial charge in [0.05, 0.1) is 15.5 Å². The highest BCUT2D eigenvalue weighted by atomic mass is 35.5. The summed E-state index contributed by atoms with van der Waals surface area (Å²) in [6.45, 7) is 1.36. The van der Waals surface area contributed by atoms with E-state index in [9.17, 15) is 14.9 Å². The minimum atomic E-state index is -0.536. The van der Waals surface area contributed by atoms with Gasteiger partial charge in [-0.1, -0.05) is 17.7 Å². The van der Waals surface area contributed by atoms with E-state index in [0.717, 1.165) is 0 Å². The van der Waals surface area contributed by atoms with E-state index in [1.165, 1.54) is 37.3 Å². The Bertz CT molecular complexity index is 440. The van der Waals surface area contributed by atoms with Crippen LogP contribution in [0.1, 0.15) is 12.5 Å². The highest BCUT2D eigenvalue weighted by Crippen LogP contribution is 2.27. The summed E-state index contributed by atoms with van der Waals surface area (Å²) >= 11 is 5.79. The van der Waals surface area contributed by atoms with Crippen molar-refractivity contribution in [1.82, 2.24) is 0 Å². The maximum atomic E-state index is 10.7. The van der Waals surface area contributed by atoms with Gasteiger partial charge >= 0.3 is 0 Å². The normalized spacial score (nSPS) is 10.5. The van der Waals surface area contributed by atoms with E-state index in [0.29, 0.717) is 0 Å². The Balaban J connectivity index is 3.25. The number of carbonyl (C=O) groups excluding carboxylic acids is 1. The lowest BCUT2D eigenvalue weighted by molar-refractivity contribution is -0.385. The minimum Gasteiger partial charge on any atom is -0.295 e. The first-order valence-electron chi connectivity index (χ1n) is 4.14. The van der Waals surface area contributed by atoms with Gasteiger partial charge in [-0.3, -0.25) is 14.9 Å². The Hall–Kier alpha value is -1.68. The lowest BCUT2D eigenvalue weighted by atomic mass is 10.1. The molecule has 0 aliphatic rings. The summed E-state index contributed by atoms with van der Waals surface area (Å²) in [5, 5.41) is 10.9. The Labute approximate surface area is 91.3 Å². The van der Waals surface area contributed by atoms with Crippen molar-refractivity contribution in [2.45, 2.75) is 6.92 Å². The third-order valence-corrected chi connectivity index (χ3v) is 2.04. The van der Waals surface area contributed by atoms with Crippen molar-refractivity contribution in [2.24, 2.45) is 0 Å². The van der Waals surface area contributed by atoms with Gasteiger partial charge < -0.3 is 0 Å². The zero-order valence-electron chi connectivity index (χ0n) is 7.94. The van der Waals surface area contributed by atoms with Crippen LogP contribution in [0.15, 0.2) is 24.3 Å². The fourth-order valence-corrected chi connectivity index (χ4v) is 1.28. The summed E-state index contributed by atoms with van der Waals surface area (Å²) in [7, 11) is 0. The second kappa shape index (κ2) is 4.70. The zero-order valence-corrected chi connectivity index (χ0v) is 8.69. The second-order valence-electron chi connectivity index (χ2n) is 2.87. The first-order chi connectivity index (χ1) is 7.02. The predicted molar refractivity (Wildman–Crippen MR) is 57.8 cm³/mol. The quantitative estimate of drug-likeness (QED) is 0.451. The first kappa shape index (κ1) is 11.4. The monoisotopic (exact) mass is 225 g/mol. The number of carbonyl (C=O) groups is 1. The number of halogens is 1. The number of benzene rings is 1. The molecule has 0 spiro atoms. The SMILES string of the molecule is CC(=O)/C=C/c1c(Cl)cccc1[N+](=O)[O-]. The van der Waals surface area contributed by atoms with E-state index < -0.39 is 4.92 Å². The molecule has 0 radical (unpaired) electrons. The van der Waals surface area contributed by atoms with Gasteiger partial charge in [-0.25, -0.2) is 0 Å². The van der Waals surface area contributed by atoms with E-state index in [4.69, 9.17) is 11.6 Å². The van der Waals surface area contributed by atoms with Gasteiger partial charge in [-0.15, -0.1) is 0 Å². The molecule has 0 bridgehead atoms. The Morgan fingerprint density at radius 1 is 1.53 bits per heavy atom. The molecule has 0 N–H and O–H groups in total. The molecule has 15 heavy (non-hydrogen) atoms. The summed E-state index contributed by atoms with van der Waals surface area (Å²) in [5.74, 6) is -0.191. The Kier molecular flexibility index (Phi) is 3.57. The lowest BCUT2D eigenvalue weighted by Crippen LogP contribution is -1.92. The summed E-state index contributed by atoms with van der Waals surface area (Å²) in [6, 6.07) is 4.37. The van der Waals surface area contributed by atoms with Crippen molar-refractivity contribution < 1.29 is 9.72 Å². The number of hydrogen-bond acceptors (Lipinski definition) is 3. The van der Waals surface area contributed by atoms with Crippen LogP contribution in [0.2, 0.25) is 5.02 Å². The van der Waals surface area contributed by atoms with Crippen LogP contribution in [-0.2, 0) is 4.79 Å². The molecular weight excluding hydrogens is 218 g/mol. The molecule has 0 saturated heterocycles. The average Bonchev–Trinajstić information content (AvgIpc) is 2.15. The molecule has 0 aromatic heterocycles. The highest BCUT2D eigenvalue weighted by molar-refractivity contribution is 6.32. The van der Waals surface area contributed by atoms with Gasteiger partial charge in [-0.05, 0) is 25.1 Å². The summed E-state index contributed by atoms with van der Waals surface area (Å²) in [4.78, 5) is 20.8. The van der Waals surface area contributed by atoms with Crippen LogP contribution in [0.25, 0.3) is 6.08 Å². The van der Waals surface area contributed by atoms with Crippen LogP contribution >= 0.6 is 11.6 Å². The van der Waals surface area contributed by atoms with E-state index >= 15 is 0 Å². The first-order valence-corrected chi connectivity index (χ1v) is 4.51. The van der Waals surface area contributed by atoms with Gasteiger partial charge in [0.15, 0.2) is 5.78 Å². The van der Waals surface area contributed by atoms with Crippen LogP contribution in [0, 0.1) is 10.1 Å². The van der Waals surface area contributed by atoms with Crippen LogP contribution < -0.4 is 0 Å². The van der Waals surface area contributed by atoms with Crippen LogP contribution in [-0.4, -0.2) is 10.7 Å². The van der Waals surface area contributed by atoms with E-state index in [2.05, 4.69) is 0 Å². The second-order valence-corrected chi connectivity index (χ2v) is 3.28. The topological polar surface area (TPSA) is 60.2 Å². The van der Waals surface area contributed by atoms with Gasteiger partial charge in [0, 0.05) is 6.07 Å². The minimum absolute atomic E-state index is 0.111. The molecule has 1 aromatic carbocycles. The standard InChI is InChI=1S/C10H8ClNO3/c1-7(13)5-6-8-9(11)3-2-4-10(8)12(14)15/h2-6H,1H3/b6-5+. The molecule has 5 heteroatoms. The molecule has 0 amide bonds. The molecule has 4 nitrogen and oxygen atoms in total. The molecule has 0 atom stereocenters. The maximum Gasteiger partial charge on any atom is 0.278 e. The number of ketones is 1. The molecule has 1 rings (SSSR count). The largest absolute Gasteiger partial charge is 0.295 e. The third-order valence-electron chi connectivity index (χ3n) is 1.71. The fourth-order valence-electron chi connectivity index (χ4n) is 1.05. The maximum absolute atomic E-state index is 10.7. The highest BCUT2D eigenvalue weighted by Gasteiger charge is 2.13. The van der Waals surface area contributed by atoms with Crippen LogP contribution in [0.5, 0.6) is 0 Å². The van der Waals surface area contributed by atoms with Crippen molar-refractivity contribution in [3.63, 3.8) is 0 Å². The van der Waals surface area contributed by atoms with Gasteiger partial charge in [0.1, 0.15) is 0 Å². The van der Waals surface area contributed by atoms with Crippen molar-refractivity contribution in [3.8, 4) is 0 Å². The molecule has 0 unspecified atom stereocenters. The van der Waals surface area contributed by atoms with Crippen molar-refractivity contribution in [2.75, 3.05) is 0 Å². The fraction of sp³-hybridized carbons (Fsp3) is 0.100. The number of nitrogens with zero attached hydrogens (tertiary/aromatic N) is 1. The Morgan fingerprint density at radius 2 is 2.20 bits per heavy atom. The number of nitro benzene ring substituents is 1. The van der Waals surface area contributed by atoms with Crippen molar-refractivity contribution >= 4 is 29.1 Å². The zero-order chi connectivity index (χ0) is 11.4. The molecule has 1 aromatic rings. The molecule has 0 aliphatic carbocycles. The number of rotatable bonds is 3. The van der Waals surface area contributed by atoms with Gasteiger partial charge in [0.2, 0.25) is 0 Å². The third kappa shape index (κ3) is 2.89. The summed E-state index contributed by atoms with van der Waals surface area (Å²) in [5.41, 5.74) is 0.138. The molecule has 0 aliphatic heterocycles. The van der Waals surface area contributed by atoms with Crippen LogP contribution in [0.3, 0.4) is 0 Å². The van der Waals surface area contributed by atoms with E-state index in [1.807, 2.05) is 0 Å². The smallest absolute Gasteiger partial charge is 0.278 e.